The Morgan fingerprint density at radius 3 is 2.88 bits per heavy atom. The maximum absolute atomic E-state index is 11.6. The Kier molecular flexibility index (Phi) is 2.64. The second-order valence-electron chi connectivity index (χ2n) is 2.82. The van der Waals surface area contributed by atoms with Crippen molar-refractivity contribution in [1.82, 2.24) is 10.2 Å². The summed E-state index contributed by atoms with van der Waals surface area (Å²) < 4.78 is 0. The first-order chi connectivity index (χ1) is 7.66. The molecular formula is C8H6N4O3S. The molecule has 2 rings (SSSR count). The van der Waals surface area contributed by atoms with Crippen molar-refractivity contribution < 1.29 is 9.72 Å². The van der Waals surface area contributed by atoms with Crippen LogP contribution >= 0.6 is 11.3 Å². The number of carbonyl (C=O) groups excluding carboxylic acids is 1. The largest absolute Gasteiger partial charge is 0.324 e. The standard InChI is InChI=1S/C8H6N4O3S/c13-8(10-6-3-4-9-11-6)5-1-2-7(16-5)12(14)15/h1-4H,(H2,9,10,11,13). The lowest BCUT2D eigenvalue weighted by Crippen LogP contribution is -2.10. The summed E-state index contributed by atoms with van der Waals surface area (Å²) in [5, 5.41) is 19.1. The van der Waals surface area contributed by atoms with Crippen molar-refractivity contribution in [2.45, 2.75) is 0 Å². The van der Waals surface area contributed by atoms with Crippen LogP contribution in [0.4, 0.5) is 10.8 Å². The summed E-state index contributed by atoms with van der Waals surface area (Å²) >= 11 is 0.826. The molecule has 2 N–H and O–H groups in total. The molecule has 8 heteroatoms. The summed E-state index contributed by atoms with van der Waals surface area (Å²) in [6.07, 6.45) is 1.49. The predicted molar refractivity (Wildman–Crippen MR) is 57.5 cm³/mol. The summed E-state index contributed by atoms with van der Waals surface area (Å²) in [6, 6.07) is 4.29. The first-order valence-corrected chi connectivity index (χ1v) is 5.03. The van der Waals surface area contributed by atoms with Crippen LogP contribution in [-0.4, -0.2) is 21.0 Å². The normalized spacial score (nSPS) is 10.0. The zero-order valence-electron chi connectivity index (χ0n) is 7.84. The van der Waals surface area contributed by atoms with Gasteiger partial charge in [0, 0.05) is 12.1 Å². The molecule has 0 aromatic carbocycles. The van der Waals surface area contributed by atoms with Crippen LogP contribution in [0.15, 0.2) is 24.4 Å². The van der Waals surface area contributed by atoms with Gasteiger partial charge >= 0.3 is 5.00 Å². The smallest absolute Gasteiger partial charge is 0.306 e. The van der Waals surface area contributed by atoms with Gasteiger partial charge in [-0.05, 0) is 6.07 Å². The summed E-state index contributed by atoms with van der Waals surface area (Å²) in [5.41, 5.74) is 0. The number of hydrogen-bond donors (Lipinski definition) is 2. The zero-order valence-corrected chi connectivity index (χ0v) is 8.65. The maximum atomic E-state index is 11.6. The number of hydrogen-bond acceptors (Lipinski definition) is 5. The van der Waals surface area contributed by atoms with Gasteiger partial charge in [0.05, 0.1) is 16.0 Å². The fraction of sp³-hybridized carbons (Fsp3) is 0. The highest BCUT2D eigenvalue weighted by Gasteiger charge is 2.15. The van der Waals surface area contributed by atoms with Crippen LogP contribution < -0.4 is 5.32 Å². The van der Waals surface area contributed by atoms with Gasteiger partial charge in [0.15, 0.2) is 0 Å². The van der Waals surface area contributed by atoms with Crippen LogP contribution in [0, 0.1) is 10.1 Å². The highest BCUT2D eigenvalue weighted by atomic mass is 32.1. The van der Waals surface area contributed by atoms with Gasteiger partial charge in [-0.3, -0.25) is 20.0 Å². The Morgan fingerprint density at radius 1 is 1.50 bits per heavy atom. The molecule has 0 unspecified atom stereocenters. The second-order valence-corrected chi connectivity index (χ2v) is 3.88. The van der Waals surface area contributed by atoms with Crippen molar-refractivity contribution in [3.8, 4) is 0 Å². The van der Waals surface area contributed by atoms with Crippen LogP contribution in [0.2, 0.25) is 0 Å². The van der Waals surface area contributed by atoms with E-state index >= 15 is 0 Å². The summed E-state index contributed by atoms with van der Waals surface area (Å²) in [4.78, 5) is 21.7. The first kappa shape index (κ1) is 10.3. The molecule has 82 valence electrons. The fourth-order valence-corrected chi connectivity index (χ4v) is 1.77. The van der Waals surface area contributed by atoms with Crippen LogP contribution in [0.5, 0.6) is 0 Å². The third-order valence-electron chi connectivity index (χ3n) is 1.74. The van der Waals surface area contributed by atoms with Crippen molar-refractivity contribution in [3.63, 3.8) is 0 Å². The molecule has 0 aliphatic heterocycles. The fourth-order valence-electron chi connectivity index (χ4n) is 1.06. The zero-order chi connectivity index (χ0) is 11.5. The number of amides is 1. The summed E-state index contributed by atoms with van der Waals surface area (Å²) in [5.74, 6) is 0.0448. The molecule has 2 heterocycles. The number of aromatic nitrogens is 2. The predicted octanol–water partition coefficient (Wildman–Crippen LogP) is 1.63. The number of aromatic amines is 1. The molecule has 0 fully saturated rings. The lowest BCUT2D eigenvalue weighted by molar-refractivity contribution is -0.380. The number of nitrogens with zero attached hydrogens (tertiary/aromatic N) is 2. The monoisotopic (exact) mass is 238 g/mol. The van der Waals surface area contributed by atoms with E-state index in [4.69, 9.17) is 0 Å². The molecule has 0 atom stereocenters. The number of nitrogens with one attached hydrogen (secondary N) is 2. The molecule has 0 saturated heterocycles. The van der Waals surface area contributed by atoms with Crippen LogP contribution in [0.1, 0.15) is 9.67 Å². The van der Waals surface area contributed by atoms with Gasteiger partial charge < -0.3 is 5.32 Å². The average Bonchev–Trinajstić information content (AvgIpc) is 2.86. The minimum absolute atomic E-state index is 0.0604. The Labute approximate surface area is 93.3 Å². The molecule has 16 heavy (non-hydrogen) atoms. The molecule has 0 aliphatic rings. The van der Waals surface area contributed by atoms with Gasteiger partial charge in [0.2, 0.25) is 0 Å². The lowest BCUT2D eigenvalue weighted by atomic mass is 10.4. The Balaban J connectivity index is 2.12. The van der Waals surface area contributed by atoms with E-state index in [1.807, 2.05) is 0 Å². The minimum atomic E-state index is -0.530. The van der Waals surface area contributed by atoms with Gasteiger partial charge in [-0.1, -0.05) is 11.3 Å². The van der Waals surface area contributed by atoms with Gasteiger partial charge in [-0.2, -0.15) is 5.10 Å². The molecule has 2 aromatic heterocycles. The van der Waals surface area contributed by atoms with Crippen molar-refractivity contribution in [2.24, 2.45) is 0 Å². The maximum Gasteiger partial charge on any atom is 0.324 e. The number of nitro groups is 1. The molecule has 7 nitrogen and oxygen atoms in total. The SMILES string of the molecule is O=C(Nc1ccn[nH]1)c1ccc([N+](=O)[O-])s1. The van der Waals surface area contributed by atoms with Crippen molar-refractivity contribution >= 4 is 28.1 Å². The van der Waals surface area contributed by atoms with Gasteiger partial charge in [0.1, 0.15) is 5.82 Å². The van der Waals surface area contributed by atoms with Crippen molar-refractivity contribution in [2.75, 3.05) is 5.32 Å². The third-order valence-corrected chi connectivity index (χ3v) is 2.78. The van der Waals surface area contributed by atoms with Crippen molar-refractivity contribution in [1.29, 1.82) is 0 Å². The summed E-state index contributed by atoms with van der Waals surface area (Å²) in [6.45, 7) is 0. The average molecular weight is 238 g/mol. The number of thiophene rings is 1. The molecule has 0 bridgehead atoms. The van der Waals surface area contributed by atoms with E-state index < -0.39 is 10.8 Å². The van der Waals surface area contributed by atoms with Gasteiger partial charge in [-0.15, -0.1) is 0 Å². The topological polar surface area (TPSA) is 101 Å². The first-order valence-electron chi connectivity index (χ1n) is 4.22. The molecule has 2 aromatic rings. The quantitative estimate of drug-likeness (QED) is 0.626. The van der Waals surface area contributed by atoms with E-state index in [0.717, 1.165) is 11.3 Å². The molecule has 0 radical (unpaired) electrons. The number of anilines is 1. The molecule has 0 aliphatic carbocycles. The Bertz CT molecular complexity index is 519. The number of H-pyrrole nitrogens is 1. The Morgan fingerprint density at radius 2 is 2.31 bits per heavy atom. The lowest BCUT2D eigenvalue weighted by Gasteiger charge is -1.97. The van der Waals surface area contributed by atoms with E-state index in [1.165, 1.54) is 18.3 Å². The Hall–Kier alpha value is -2.22. The van der Waals surface area contributed by atoms with Crippen LogP contribution in [0.3, 0.4) is 0 Å². The van der Waals surface area contributed by atoms with Gasteiger partial charge in [0.25, 0.3) is 5.91 Å². The van der Waals surface area contributed by atoms with Gasteiger partial charge in [-0.25, -0.2) is 0 Å². The summed E-state index contributed by atoms with van der Waals surface area (Å²) in [7, 11) is 0. The van der Waals surface area contributed by atoms with E-state index in [-0.39, 0.29) is 9.88 Å². The highest BCUT2D eigenvalue weighted by Crippen LogP contribution is 2.24. The second kappa shape index (κ2) is 4.11. The number of rotatable bonds is 3. The minimum Gasteiger partial charge on any atom is -0.306 e. The van der Waals surface area contributed by atoms with Crippen LogP contribution in [0.25, 0.3) is 0 Å². The van der Waals surface area contributed by atoms with E-state index in [0.29, 0.717) is 5.82 Å². The highest BCUT2D eigenvalue weighted by molar-refractivity contribution is 7.17. The molecule has 0 saturated carbocycles. The third kappa shape index (κ3) is 2.06. The van der Waals surface area contributed by atoms with Crippen molar-refractivity contribution in [3.05, 3.63) is 39.4 Å². The van der Waals surface area contributed by atoms with E-state index in [2.05, 4.69) is 15.5 Å². The van der Waals surface area contributed by atoms with Crippen LogP contribution in [-0.2, 0) is 0 Å². The van der Waals surface area contributed by atoms with E-state index in [1.54, 1.807) is 6.07 Å². The van der Waals surface area contributed by atoms with E-state index in [9.17, 15) is 14.9 Å². The molecule has 0 spiro atoms. The molecule has 1 amide bonds. The molecular weight excluding hydrogens is 232 g/mol. The number of carbonyl (C=O) groups is 1.